The minimum atomic E-state index is -0.462. The molecule has 130 valence electrons. The zero-order valence-corrected chi connectivity index (χ0v) is 15.4. The van der Waals surface area contributed by atoms with Crippen molar-refractivity contribution >= 4 is 23.2 Å². The number of amides is 1. The first-order valence-corrected chi connectivity index (χ1v) is 8.26. The summed E-state index contributed by atoms with van der Waals surface area (Å²) in [5.41, 5.74) is 1.70. The van der Waals surface area contributed by atoms with Crippen molar-refractivity contribution in [2.45, 2.75) is 34.2 Å². The van der Waals surface area contributed by atoms with Gasteiger partial charge >= 0.3 is 0 Å². The molecule has 0 aliphatic heterocycles. The largest absolute Gasteiger partial charge is 0.341 e. The summed E-state index contributed by atoms with van der Waals surface area (Å²) in [6.45, 7) is 8.50. The van der Waals surface area contributed by atoms with Gasteiger partial charge in [0.05, 0.1) is 10.8 Å². The average Bonchev–Trinajstić information content (AvgIpc) is 3.00. The number of carbonyl (C=O) groups excluding carboxylic acids is 1. The van der Waals surface area contributed by atoms with Crippen LogP contribution in [0.4, 0.5) is 5.69 Å². The van der Waals surface area contributed by atoms with Crippen molar-refractivity contribution < 1.29 is 9.72 Å². The van der Waals surface area contributed by atoms with Gasteiger partial charge in [-0.05, 0) is 36.8 Å². The van der Waals surface area contributed by atoms with Crippen molar-refractivity contribution in [3.63, 3.8) is 0 Å². The summed E-state index contributed by atoms with van der Waals surface area (Å²) < 4.78 is 0. The van der Waals surface area contributed by atoms with Gasteiger partial charge < -0.3 is 4.90 Å². The highest BCUT2D eigenvalue weighted by atomic mass is 35.5. The van der Waals surface area contributed by atoms with E-state index in [9.17, 15) is 14.9 Å². The van der Waals surface area contributed by atoms with Gasteiger partial charge in [0, 0.05) is 30.7 Å². The van der Waals surface area contributed by atoms with Gasteiger partial charge in [-0.2, -0.15) is 0 Å². The summed E-state index contributed by atoms with van der Waals surface area (Å²) in [4.78, 5) is 24.8. The van der Waals surface area contributed by atoms with Crippen molar-refractivity contribution in [2.24, 2.45) is 17.3 Å². The lowest BCUT2D eigenvalue weighted by atomic mass is 10.1. The maximum Gasteiger partial charge on any atom is 0.269 e. The first kappa shape index (κ1) is 18.5. The number of nitrogens with zero attached hydrogens (tertiary/aromatic N) is 2. The Morgan fingerprint density at radius 1 is 1.42 bits per heavy atom. The normalized spacial score (nSPS) is 21.1. The Morgan fingerprint density at radius 3 is 2.58 bits per heavy atom. The second kappa shape index (κ2) is 6.55. The molecule has 2 unspecified atom stereocenters. The van der Waals surface area contributed by atoms with E-state index in [4.69, 9.17) is 11.6 Å². The number of hydrogen-bond donors (Lipinski definition) is 0. The van der Waals surface area contributed by atoms with Gasteiger partial charge in [-0.25, -0.2) is 0 Å². The number of nitro benzene ring substituents is 1. The molecule has 5 nitrogen and oxygen atoms in total. The number of allylic oxidation sites excluding steroid dienone is 2. The molecule has 24 heavy (non-hydrogen) atoms. The van der Waals surface area contributed by atoms with E-state index in [1.807, 2.05) is 13.8 Å². The van der Waals surface area contributed by atoms with Crippen LogP contribution in [0.25, 0.3) is 0 Å². The molecule has 0 N–H and O–H groups in total. The number of rotatable bonds is 5. The highest BCUT2D eigenvalue weighted by Gasteiger charge is 2.60. The van der Waals surface area contributed by atoms with E-state index in [2.05, 4.69) is 19.9 Å². The Bertz CT molecular complexity index is 708. The molecule has 1 fully saturated rings. The van der Waals surface area contributed by atoms with E-state index in [1.165, 1.54) is 23.8 Å². The van der Waals surface area contributed by atoms with Crippen LogP contribution in [0.3, 0.4) is 0 Å². The van der Waals surface area contributed by atoms with Gasteiger partial charge in [0.25, 0.3) is 5.69 Å². The third-order valence-electron chi connectivity index (χ3n) is 4.71. The molecule has 1 aliphatic rings. The van der Waals surface area contributed by atoms with E-state index in [1.54, 1.807) is 11.9 Å². The molecule has 0 saturated heterocycles. The van der Waals surface area contributed by atoms with Gasteiger partial charge in [-0.1, -0.05) is 37.1 Å². The van der Waals surface area contributed by atoms with Gasteiger partial charge in [-0.15, -0.1) is 0 Å². The number of non-ortho nitro benzene ring substituents is 1. The molecular formula is C18H23ClN2O3. The van der Waals surface area contributed by atoms with Crippen LogP contribution in [0.5, 0.6) is 0 Å². The number of halogens is 1. The zero-order chi connectivity index (χ0) is 18.2. The lowest BCUT2D eigenvalue weighted by Crippen LogP contribution is -2.29. The molecule has 0 spiro atoms. The summed E-state index contributed by atoms with van der Waals surface area (Å²) >= 11 is 6.13. The third-order valence-corrected chi connectivity index (χ3v) is 5.08. The molecule has 6 heteroatoms. The van der Waals surface area contributed by atoms with Crippen LogP contribution in [0.2, 0.25) is 5.02 Å². The molecule has 1 amide bonds. The first-order chi connectivity index (χ1) is 11.1. The quantitative estimate of drug-likeness (QED) is 0.448. The van der Waals surface area contributed by atoms with E-state index in [0.717, 1.165) is 0 Å². The fourth-order valence-electron chi connectivity index (χ4n) is 3.19. The Kier molecular flexibility index (Phi) is 5.04. The lowest BCUT2D eigenvalue weighted by molar-refractivity contribution is -0.384. The second-order valence-electron chi connectivity index (χ2n) is 7.30. The number of carbonyl (C=O) groups is 1. The van der Waals surface area contributed by atoms with Crippen LogP contribution in [0, 0.1) is 27.4 Å². The van der Waals surface area contributed by atoms with Crippen LogP contribution >= 0.6 is 11.6 Å². The van der Waals surface area contributed by atoms with Crippen LogP contribution in [0.1, 0.15) is 33.3 Å². The molecule has 0 aromatic heterocycles. The Labute approximate surface area is 147 Å². The molecule has 0 bridgehead atoms. The minimum absolute atomic E-state index is 0.0237. The van der Waals surface area contributed by atoms with E-state index < -0.39 is 4.92 Å². The molecule has 1 aliphatic carbocycles. The summed E-state index contributed by atoms with van der Waals surface area (Å²) in [5, 5.41) is 11.3. The second-order valence-corrected chi connectivity index (χ2v) is 7.70. The monoisotopic (exact) mass is 350 g/mol. The molecule has 2 atom stereocenters. The Balaban J connectivity index is 2.15. The predicted octanol–water partition coefficient (Wildman–Crippen LogP) is 4.45. The van der Waals surface area contributed by atoms with Gasteiger partial charge in [0.15, 0.2) is 0 Å². The summed E-state index contributed by atoms with van der Waals surface area (Å²) in [5.74, 6) is 0.220. The molecule has 1 aromatic rings. The van der Waals surface area contributed by atoms with E-state index >= 15 is 0 Å². The molecule has 0 radical (unpaired) electrons. The summed E-state index contributed by atoms with van der Waals surface area (Å²) in [6.07, 6.45) is 2.15. The zero-order valence-electron chi connectivity index (χ0n) is 14.7. The third kappa shape index (κ3) is 3.61. The highest BCUT2D eigenvalue weighted by Crippen LogP contribution is 2.60. The van der Waals surface area contributed by atoms with Crippen molar-refractivity contribution in [3.05, 3.63) is 50.5 Å². The molecule has 1 saturated carbocycles. The van der Waals surface area contributed by atoms with Crippen molar-refractivity contribution in [2.75, 3.05) is 7.05 Å². The SMILES string of the molecule is CC(C)=CC1C(C(=O)N(C)Cc2cc([N+](=O)[O-])ccc2Cl)C1(C)C. The number of hydrogen-bond acceptors (Lipinski definition) is 3. The number of nitro groups is 1. The van der Waals surface area contributed by atoms with Crippen LogP contribution in [0.15, 0.2) is 29.8 Å². The van der Waals surface area contributed by atoms with Gasteiger partial charge in [0.2, 0.25) is 5.91 Å². The maximum absolute atomic E-state index is 12.8. The molecule has 0 heterocycles. The van der Waals surface area contributed by atoms with Crippen LogP contribution in [-0.2, 0) is 11.3 Å². The fourth-order valence-corrected chi connectivity index (χ4v) is 3.36. The smallest absolute Gasteiger partial charge is 0.269 e. The van der Waals surface area contributed by atoms with Crippen molar-refractivity contribution in [1.29, 1.82) is 0 Å². The van der Waals surface area contributed by atoms with E-state index in [0.29, 0.717) is 10.6 Å². The minimum Gasteiger partial charge on any atom is -0.341 e. The average molecular weight is 351 g/mol. The highest BCUT2D eigenvalue weighted by molar-refractivity contribution is 6.31. The molecular weight excluding hydrogens is 328 g/mol. The lowest BCUT2D eigenvalue weighted by Gasteiger charge is -2.19. The van der Waals surface area contributed by atoms with Crippen molar-refractivity contribution in [1.82, 2.24) is 4.90 Å². The van der Waals surface area contributed by atoms with Crippen molar-refractivity contribution in [3.8, 4) is 0 Å². The summed E-state index contributed by atoms with van der Waals surface area (Å²) in [6, 6.07) is 4.29. The Hall–Kier alpha value is -1.88. The maximum atomic E-state index is 12.8. The van der Waals surface area contributed by atoms with E-state index in [-0.39, 0.29) is 35.4 Å². The predicted molar refractivity (Wildman–Crippen MR) is 94.8 cm³/mol. The fraction of sp³-hybridized carbons (Fsp3) is 0.500. The molecule has 2 rings (SSSR count). The van der Waals surface area contributed by atoms with Crippen LogP contribution in [-0.4, -0.2) is 22.8 Å². The Morgan fingerprint density at radius 2 is 2.04 bits per heavy atom. The topological polar surface area (TPSA) is 63.5 Å². The van der Waals surface area contributed by atoms with Gasteiger partial charge in [0.1, 0.15) is 0 Å². The summed E-state index contributed by atoms with van der Waals surface area (Å²) in [7, 11) is 1.71. The van der Waals surface area contributed by atoms with Crippen LogP contribution < -0.4 is 0 Å². The standard InChI is InChI=1S/C18H23ClN2O3/c1-11(2)8-14-16(18(14,3)4)17(22)20(5)10-12-9-13(21(23)24)6-7-15(12)19/h6-9,14,16H,10H2,1-5H3. The number of benzene rings is 1. The van der Waals surface area contributed by atoms with Gasteiger partial charge in [-0.3, -0.25) is 14.9 Å². The molecule has 1 aromatic carbocycles. The first-order valence-electron chi connectivity index (χ1n) is 7.88.